The number of nitrogens with zero attached hydrogens (tertiary/aromatic N) is 1. The van der Waals surface area contributed by atoms with Crippen LogP contribution in [0.3, 0.4) is 0 Å². The molecule has 4 heteroatoms. The monoisotopic (exact) mass is 319 g/mol. The van der Waals surface area contributed by atoms with E-state index in [1.807, 2.05) is 6.07 Å². The van der Waals surface area contributed by atoms with E-state index in [0.717, 1.165) is 24.0 Å². The van der Waals surface area contributed by atoms with Crippen molar-refractivity contribution >= 4 is 27.5 Å². The quantitative estimate of drug-likeness (QED) is 0.758. The number of hydrogen-bond donors (Lipinski definition) is 0. The summed E-state index contributed by atoms with van der Waals surface area (Å²) < 4.78 is 13.3. The second-order valence-corrected chi connectivity index (χ2v) is 5.70. The van der Waals surface area contributed by atoms with Gasteiger partial charge in [-0.1, -0.05) is 46.6 Å². The van der Waals surface area contributed by atoms with Gasteiger partial charge >= 0.3 is 0 Å². The van der Waals surface area contributed by atoms with Crippen molar-refractivity contribution in [2.45, 2.75) is 25.9 Å². The molecular weight excluding hydrogens is 305 g/mol. The van der Waals surface area contributed by atoms with E-state index in [1.54, 1.807) is 6.07 Å². The van der Waals surface area contributed by atoms with Crippen LogP contribution in [0.5, 0.6) is 0 Å². The normalized spacial score (nSPS) is 25.4. The first-order valence-corrected chi connectivity index (χ1v) is 7.36. The Morgan fingerprint density at radius 3 is 3.00 bits per heavy atom. The Hall–Kier alpha value is -0.120. The predicted octanol–water partition coefficient (Wildman–Crippen LogP) is 4.08. The maximum Gasteiger partial charge on any atom is 0.142 e. The molecule has 0 N–H and O–H groups in total. The predicted molar refractivity (Wildman–Crippen MR) is 73.2 cm³/mol. The summed E-state index contributed by atoms with van der Waals surface area (Å²) in [5, 5.41) is 1.22. The van der Waals surface area contributed by atoms with Crippen molar-refractivity contribution in [3.63, 3.8) is 0 Å². The third-order valence-corrected chi connectivity index (χ3v) is 4.65. The summed E-state index contributed by atoms with van der Waals surface area (Å²) in [6, 6.07) is 5.55. The molecule has 0 aromatic heterocycles. The molecule has 17 heavy (non-hydrogen) atoms. The Morgan fingerprint density at radius 1 is 1.53 bits per heavy atom. The van der Waals surface area contributed by atoms with E-state index in [9.17, 15) is 4.39 Å². The molecule has 94 valence electrons. The van der Waals surface area contributed by atoms with Gasteiger partial charge in [-0.3, -0.25) is 4.90 Å². The first-order chi connectivity index (χ1) is 8.13. The summed E-state index contributed by atoms with van der Waals surface area (Å²) in [6.45, 7) is 4.06. The first kappa shape index (κ1) is 13.3. The zero-order chi connectivity index (χ0) is 12.4. The molecule has 1 nitrogen and oxygen atoms in total. The minimum Gasteiger partial charge on any atom is -0.295 e. The molecule has 0 aliphatic carbocycles. The fourth-order valence-electron chi connectivity index (χ4n) is 2.42. The van der Waals surface area contributed by atoms with Gasteiger partial charge in [0.2, 0.25) is 0 Å². The Bertz CT molecular complexity index is 399. The highest BCUT2D eigenvalue weighted by molar-refractivity contribution is 9.09. The average Bonchev–Trinajstić information content (AvgIpc) is 2.66. The van der Waals surface area contributed by atoms with Crippen molar-refractivity contribution in [2.24, 2.45) is 5.92 Å². The van der Waals surface area contributed by atoms with Crippen molar-refractivity contribution < 1.29 is 4.39 Å². The summed E-state index contributed by atoms with van der Waals surface area (Å²) in [6.07, 6.45) is 1.20. The maximum absolute atomic E-state index is 13.3. The molecule has 1 aromatic rings. The smallest absolute Gasteiger partial charge is 0.142 e. The molecule has 0 amide bonds. The van der Waals surface area contributed by atoms with Crippen LogP contribution >= 0.6 is 27.5 Å². The van der Waals surface area contributed by atoms with E-state index in [2.05, 4.69) is 27.8 Å². The van der Waals surface area contributed by atoms with E-state index in [1.165, 1.54) is 12.5 Å². The van der Waals surface area contributed by atoms with Gasteiger partial charge in [-0.15, -0.1) is 0 Å². The lowest BCUT2D eigenvalue weighted by Gasteiger charge is -2.25. The van der Waals surface area contributed by atoms with E-state index >= 15 is 0 Å². The molecule has 2 rings (SSSR count). The third kappa shape index (κ3) is 2.83. The van der Waals surface area contributed by atoms with E-state index in [4.69, 9.17) is 11.6 Å². The molecule has 1 heterocycles. The lowest BCUT2D eigenvalue weighted by atomic mass is 10.0. The second-order valence-electron chi connectivity index (χ2n) is 4.67. The summed E-state index contributed by atoms with van der Waals surface area (Å²) in [5.41, 5.74) is 0.881. The van der Waals surface area contributed by atoms with Gasteiger partial charge in [-0.05, 0) is 30.5 Å². The van der Waals surface area contributed by atoms with E-state index in [0.29, 0.717) is 12.0 Å². The van der Waals surface area contributed by atoms with Gasteiger partial charge in [0.05, 0.1) is 5.02 Å². The molecule has 1 aliphatic rings. The van der Waals surface area contributed by atoms with E-state index < -0.39 is 0 Å². The van der Waals surface area contributed by atoms with Gasteiger partial charge in [0.15, 0.2) is 0 Å². The Labute approximate surface area is 115 Å². The minimum atomic E-state index is -0.327. The minimum absolute atomic E-state index is 0.264. The molecule has 1 saturated heterocycles. The molecule has 0 bridgehead atoms. The highest BCUT2D eigenvalue weighted by Crippen LogP contribution is 2.29. The van der Waals surface area contributed by atoms with Crippen LogP contribution in [0.1, 0.15) is 18.9 Å². The van der Waals surface area contributed by atoms with Crippen LogP contribution in [0.4, 0.5) is 4.39 Å². The fraction of sp³-hybridized carbons (Fsp3) is 0.538. The van der Waals surface area contributed by atoms with Gasteiger partial charge in [0.1, 0.15) is 5.82 Å². The van der Waals surface area contributed by atoms with Crippen molar-refractivity contribution in [2.75, 3.05) is 11.9 Å². The van der Waals surface area contributed by atoms with Crippen LogP contribution in [0.2, 0.25) is 5.02 Å². The summed E-state index contributed by atoms with van der Waals surface area (Å²) >= 11 is 9.54. The highest BCUT2D eigenvalue weighted by atomic mass is 79.9. The molecule has 0 saturated carbocycles. The first-order valence-electron chi connectivity index (χ1n) is 5.86. The van der Waals surface area contributed by atoms with Crippen molar-refractivity contribution in [1.29, 1.82) is 0 Å². The number of halogens is 3. The second kappa shape index (κ2) is 5.68. The fourth-order valence-corrected chi connectivity index (χ4v) is 3.66. The molecule has 2 atom stereocenters. The lowest BCUT2D eigenvalue weighted by molar-refractivity contribution is 0.244. The van der Waals surface area contributed by atoms with Crippen LogP contribution < -0.4 is 0 Å². The van der Waals surface area contributed by atoms with Crippen LogP contribution in [0.15, 0.2) is 18.2 Å². The zero-order valence-electron chi connectivity index (χ0n) is 9.80. The number of hydrogen-bond acceptors (Lipinski definition) is 1. The van der Waals surface area contributed by atoms with Crippen LogP contribution in [-0.2, 0) is 6.54 Å². The number of alkyl halides is 1. The van der Waals surface area contributed by atoms with Gasteiger partial charge in [-0.25, -0.2) is 4.39 Å². The Morgan fingerprint density at radius 2 is 2.29 bits per heavy atom. The van der Waals surface area contributed by atoms with E-state index in [-0.39, 0.29) is 10.8 Å². The molecule has 0 radical (unpaired) electrons. The van der Waals surface area contributed by atoms with Gasteiger partial charge in [0, 0.05) is 17.9 Å². The summed E-state index contributed by atoms with van der Waals surface area (Å²) in [5.74, 6) is 0.355. The standard InChI is InChI=1S/C13H16BrClFN/c1-9-5-6-17(12(9)7-14)8-10-3-2-4-11(16)13(10)15/h2-4,9,12H,5-8H2,1H3. The summed E-state index contributed by atoms with van der Waals surface area (Å²) in [7, 11) is 0. The largest absolute Gasteiger partial charge is 0.295 e. The van der Waals surface area contributed by atoms with Gasteiger partial charge in [-0.2, -0.15) is 0 Å². The third-order valence-electron chi connectivity index (χ3n) is 3.56. The van der Waals surface area contributed by atoms with Crippen molar-refractivity contribution in [1.82, 2.24) is 4.90 Å². The molecular formula is C13H16BrClFN. The van der Waals surface area contributed by atoms with Crippen molar-refractivity contribution in [3.8, 4) is 0 Å². The average molecular weight is 321 g/mol. The lowest BCUT2D eigenvalue weighted by Crippen LogP contribution is -2.33. The van der Waals surface area contributed by atoms with Crippen molar-refractivity contribution in [3.05, 3.63) is 34.6 Å². The number of rotatable bonds is 3. The topological polar surface area (TPSA) is 3.24 Å². The Balaban J connectivity index is 2.13. The molecule has 1 fully saturated rings. The Kier molecular flexibility index (Phi) is 4.45. The van der Waals surface area contributed by atoms with Crippen LogP contribution in [0, 0.1) is 11.7 Å². The molecule has 1 aromatic carbocycles. The zero-order valence-corrected chi connectivity index (χ0v) is 12.1. The number of benzene rings is 1. The molecule has 2 unspecified atom stereocenters. The SMILES string of the molecule is CC1CCN(Cc2cccc(F)c2Cl)C1CBr. The van der Waals surface area contributed by atoms with Crippen LogP contribution in [0.25, 0.3) is 0 Å². The number of likely N-dealkylation sites (tertiary alicyclic amines) is 1. The highest BCUT2D eigenvalue weighted by Gasteiger charge is 2.30. The molecule has 1 aliphatic heterocycles. The van der Waals surface area contributed by atoms with Gasteiger partial charge < -0.3 is 0 Å². The molecule has 0 spiro atoms. The maximum atomic E-state index is 13.3. The van der Waals surface area contributed by atoms with Gasteiger partial charge in [0.25, 0.3) is 0 Å². The summed E-state index contributed by atoms with van der Waals surface area (Å²) in [4.78, 5) is 2.38. The van der Waals surface area contributed by atoms with Crippen LogP contribution in [-0.4, -0.2) is 22.8 Å².